The Morgan fingerprint density at radius 3 is 2.68 bits per heavy atom. The van der Waals surface area contributed by atoms with E-state index < -0.39 is 0 Å². The SMILES string of the molecule is COCCOc1ccc(CNC(=O)c2oc3ccccc3c2CSc2cccs2)cc1. The Kier molecular flexibility index (Phi) is 7.30. The van der Waals surface area contributed by atoms with E-state index in [0.29, 0.717) is 31.3 Å². The summed E-state index contributed by atoms with van der Waals surface area (Å²) in [5.74, 6) is 1.62. The molecule has 0 atom stereocenters. The number of fused-ring (bicyclic) bond motifs is 1. The van der Waals surface area contributed by atoms with E-state index in [9.17, 15) is 4.79 Å². The second-order valence-electron chi connectivity index (χ2n) is 6.79. The van der Waals surface area contributed by atoms with E-state index >= 15 is 0 Å². The Bertz CT molecular complexity index is 1120. The maximum absolute atomic E-state index is 13.0. The topological polar surface area (TPSA) is 60.7 Å². The first-order chi connectivity index (χ1) is 15.2. The van der Waals surface area contributed by atoms with Crippen molar-refractivity contribution in [2.75, 3.05) is 20.3 Å². The van der Waals surface area contributed by atoms with Crippen molar-refractivity contribution in [1.82, 2.24) is 5.32 Å². The summed E-state index contributed by atoms with van der Waals surface area (Å²) in [6, 6.07) is 19.6. The molecular formula is C24H23NO4S2. The summed E-state index contributed by atoms with van der Waals surface area (Å²) in [6.07, 6.45) is 0. The average molecular weight is 454 g/mol. The van der Waals surface area contributed by atoms with Gasteiger partial charge in [0.15, 0.2) is 5.76 Å². The highest BCUT2D eigenvalue weighted by Gasteiger charge is 2.20. The minimum absolute atomic E-state index is 0.210. The van der Waals surface area contributed by atoms with Crippen LogP contribution in [0, 0.1) is 0 Å². The summed E-state index contributed by atoms with van der Waals surface area (Å²) in [5, 5.41) is 6.02. The first-order valence-electron chi connectivity index (χ1n) is 9.90. The smallest absolute Gasteiger partial charge is 0.287 e. The number of carbonyl (C=O) groups excluding carboxylic acids is 1. The summed E-state index contributed by atoms with van der Waals surface area (Å²) in [5.41, 5.74) is 2.64. The van der Waals surface area contributed by atoms with Gasteiger partial charge in [0.2, 0.25) is 0 Å². The average Bonchev–Trinajstić information content (AvgIpc) is 3.45. The van der Waals surface area contributed by atoms with Gasteiger partial charge >= 0.3 is 0 Å². The van der Waals surface area contributed by atoms with Gasteiger partial charge in [-0.1, -0.05) is 36.4 Å². The maximum atomic E-state index is 13.0. The van der Waals surface area contributed by atoms with Crippen LogP contribution in [0.25, 0.3) is 11.0 Å². The van der Waals surface area contributed by atoms with E-state index in [1.165, 1.54) is 4.21 Å². The van der Waals surface area contributed by atoms with Crippen LogP contribution in [0.5, 0.6) is 5.75 Å². The van der Waals surface area contributed by atoms with Gasteiger partial charge in [-0.15, -0.1) is 23.1 Å². The second kappa shape index (κ2) is 10.5. The molecule has 0 saturated heterocycles. The lowest BCUT2D eigenvalue weighted by atomic mass is 10.1. The van der Waals surface area contributed by atoms with Gasteiger partial charge < -0.3 is 19.2 Å². The van der Waals surface area contributed by atoms with Crippen LogP contribution in [0.1, 0.15) is 21.7 Å². The highest BCUT2D eigenvalue weighted by Crippen LogP contribution is 2.33. The Labute approximate surface area is 189 Å². The third-order valence-electron chi connectivity index (χ3n) is 4.69. The van der Waals surface area contributed by atoms with Crippen molar-refractivity contribution < 1.29 is 18.7 Å². The predicted octanol–water partition coefficient (Wildman–Crippen LogP) is 5.74. The molecule has 0 unspecified atom stereocenters. The molecule has 0 fully saturated rings. The number of nitrogens with one attached hydrogen (secondary N) is 1. The van der Waals surface area contributed by atoms with E-state index in [4.69, 9.17) is 13.9 Å². The van der Waals surface area contributed by atoms with Gasteiger partial charge in [-0.25, -0.2) is 0 Å². The number of methoxy groups -OCH3 is 1. The number of carbonyl (C=O) groups is 1. The monoisotopic (exact) mass is 453 g/mol. The van der Waals surface area contributed by atoms with Crippen LogP contribution in [-0.4, -0.2) is 26.2 Å². The molecular weight excluding hydrogens is 430 g/mol. The first kappa shape index (κ1) is 21.5. The lowest BCUT2D eigenvalue weighted by Gasteiger charge is -2.08. The zero-order valence-electron chi connectivity index (χ0n) is 17.1. The summed E-state index contributed by atoms with van der Waals surface area (Å²) >= 11 is 3.40. The van der Waals surface area contributed by atoms with Crippen molar-refractivity contribution >= 4 is 40.0 Å². The first-order valence-corrected chi connectivity index (χ1v) is 11.8. The van der Waals surface area contributed by atoms with Crippen molar-refractivity contribution in [2.45, 2.75) is 16.5 Å². The van der Waals surface area contributed by atoms with Gasteiger partial charge in [-0.3, -0.25) is 4.79 Å². The van der Waals surface area contributed by atoms with Gasteiger partial charge in [-0.05, 0) is 35.2 Å². The molecule has 1 N–H and O–H groups in total. The fraction of sp³-hybridized carbons (Fsp3) is 0.208. The minimum atomic E-state index is -0.210. The normalized spacial score (nSPS) is 11.0. The van der Waals surface area contributed by atoms with Crippen LogP contribution in [0.15, 0.2) is 74.7 Å². The van der Waals surface area contributed by atoms with Crippen LogP contribution in [0.3, 0.4) is 0 Å². The maximum Gasteiger partial charge on any atom is 0.287 e. The Hall–Kier alpha value is -2.74. The summed E-state index contributed by atoms with van der Waals surface area (Å²) < 4.78 is 17.7. The summed E-state index contributed by atoms with van der Waals surface area (Å²) in [7, 11) is 1.64. The fourth-order valence-electron chi connectivity index (χ4n) is 3.12. The zero-order chi connectivity index (χ0) is 21.5. The number of benzene rings is 2. The molecule has 0 spiro atoms. The third-order valence-corrected chi connectivity index (χ3v) is 6.85. The van der Waals surface area contributed by atoms with Gasteiger partial charge in [0.05, 0.1) is 10.8 Å². The van der Waals surface area contributed by atoms with Gasteiger partial charge in [0.25, 0.3) is 5.91 Å². The molecule has 2 aromatic carbocycles. The highest BCUT2D eigenvalue weighted by atomic mass is 32.2. The van der Waals surface area contributed by atoms with E-state index in [1.54, 1.807) is 30.2 Å². The summed E-state index contributed by atoms with van der Waals surface area (Å²) in [4.78, 5) is 13.0. The molecule has 0 saturated carbocycles. The lowest BCUT2D eigenvalue weighted by molar-refractivity contribution is 0.0924. The molecule has 0 bridgehead atoms. The van der Waals surface area contributed by atoms with Crippen LogP contribution in [-0.2, 0) is 17.0 Å². The number of amides is 1. The van der Waals surface area contributed by atoms with E-state index in [-0.39, 0.29) is 5.91 Å². The minimum Gasteiger partial charge on any atom is -0.491 e. The number of rotatable bonds is 10. The van der Waals surface area contributed by atoms with Gasteiger partial charge in [-0.2, -0.15) is 0 Å². The Morgan fingerprint density at radius 1 is 1.06 bits per heavy atom. The van der Waals surface area contributed by atoms with Crippen molar-refractivity contribution in [3.63, 3.8) is 0 Å². The molecule has 1 amide bonds. The number of furan rings is 1. The molecule has 2 heterocycles. The van der Waals surface area contributed by atoms with Crippen LogP contribution < -0.4 is 10.1 Å². The number of ether oxygens (including phenoxy) is 2. The van der Waals surface area contributed by atoms with Crippen molar-refractivity contribution in [1.29, 1.82) is 0 Å². The van der Waals surface area contributed by atoms with Crippen LogP contribution in [0.2, 0.25) is 0 Å². The molecule has 0 radical (unpaired) electrons. The second-order valence-corrected chi connectivity index (χ2v) is 9.02. The standard InChI is InChI=1S/C24H23NO4S2/c1-27-12-13-28-18-10-8-17(9-11-18)15-25-24(26)23-20(16-31-22-7-4-14-30-22)19-5-2-3-6-21(19)29-23/h2-11,14H,12-13,15-16H2,1H3,(H,25,26). The number of thiophene rings is 1. The third kappa shape index (κ3) is 5.50. The zero-order valence-corrected chi connectivity index (χ0v) is 18.8. The molecule has 5 nitrogen and oxygen atoms in total. The largest absolute Gasteiger partial charge is 0.491 e. The van der Waals surface area contributed by atoms with Gasteiger partial charge in [0, 0.05) is 30.4 Å². The molecule has 0 aliphatic heterocycles. The highest BCUT2D eigenvalue weighted by molar-refractivity contribution is 8.00. The summed E-state index contributed by atoms with van der Waals surface area (Å²) in [6.45, 7) is 1.46. The molecule has 31 heavy (non-hydrogen) atoms. The lowest BCUT2D eigenvalue weighted by Crippen LogP contribution is -2.23. The number of hydrogen-bond donors (Lipinski definition) is 1. The van der Waals surface area contributed by atoms with Crippen molar-refractivity contribution in [3.05, 3.63) is 82.9 Å². The molecule has 160 valence electrons. The predicted molar refractivity (Wildman–Crippen MR) is 125 cm³/mol. The van der Waals surface area contributed by atoms with E-state index in [0.717, 1.165) is 27.8 Å². The Morgan fingerprint density at radius 2 is 1.90 bits per heavy atom. The molecule has 4 rings (SSSR count). The van der Waals surface area contributed by atoms with E-state index in [2.05, 4.69) is 16.8 Å². The number of hydrogen-bond acceptors (Lipinski definition) is 6. The molecule has 0 aliphatic rings. The molecule has 0 aliphatic carbocycles. The quantitative estimate of drug-likeness (QED) is 0.245. The van der Waals surface area contributed by atoms with Crippen LogP contribution in [0.4, 0.5) is 0 Å². The number of thioether (sulfide) groups is 1. The molecule has 4 aromatic rings. The molecule has 7 heteroatoms. The molecule has 2 aromatic heterocycles. The van der Waals surface area contributed by atoms with E-state index in [1.807, 2.05) is 54.6 Å². The Balaban J connectivity index is 1.44. The van der Waals surface area contributed by atoms with Crippen molar-refractivity contribution in [2.24, 2.45) is 0 Å². The van der Waals surface area contributed by atoms with Gasteiger partial charge in [0.1, 0.15) is 17.9 Å². The fourth-order valence-corrected chi connectivity index (χ4v) is 4.94. The number of para-hydroxylation sites is 1. The van der Waals surface area contributed by atoms with Crippen molar-refractivity contribution in [3.8, 4) is 5.75 Å². The van der Waals surface area contributed by atoms with Crippen LogP contribution >= 0.6 is 23.1 Å².